The van der Waals surface area contributed by atoms with Gasteiger partial charge in [0, 0.05) is 0 Å². The van der Waals surface area contributed by atoms with Crippen LogP contribution in [0.2, 0.25) is 0 Å². The van der Waals surface area contributed by atoms with Crippen LogP contribution in [0.5, 0.6) is 0 Å². The first-order valence-corrected chi connectivity index (χ1v) is 31.5. The van der Waals surface area contributed by atoms with Gasteiger partial charge in [0.15, 0.2) is 0 Å². The molecule has 0 saturated carbocycles. The summed E-state index contributed by atoms with van der Waals surface area (Å²) in [4.78, 5) is 0. The zero-order valence-electron chi connectivity index (χ0n) is 42.8. The van der Waals surface area contributed by atoms with Crippen molar-refractivity contribution in [3.05, 3.63) is 303 Å². The fourth-order valence-corrected chi connectivity index (χ4v) is 22.0. The van der Waals surface area contributed by atoms with Gasteiger partial charge in [0.25, 0.3) is 0 Å². The Hall–Kier alpha value is -5.50. The molecule has 0 aromatic heterocycles. The van der Waals surface area contributed by atoms with Gasteiger partial charge in [-0.15, -0.1) is 0 Å². The molecule has 2 atom stereocenters. The molecule has 10 aromatic carbocycles. The van der Waals surface area contributed by atoms with Crippen LogP contribution in [0.1, 0.15) is 2.85 Å². The molecule has 0 bridgehead atoms. The minimum Gasteiger partial charge on any atom is -1.00 e. The molecule has 0 spiro atoms. The molecule has 10 rings (SSSR count). The summed E-state index contributed by atoms with van der Waals surface area (Å²) < 4.78 is 0. The van der Waals surface area contributed by atoms with Gasteiger partial charge in [0.05, 0.1) is 0 Å². The average molecular weight is 1050 g/mol. The summed E-state index contributed by atoms with van der Waals surface area (Å²) >= 11 is 0. The maximum absolute atomic E-state index is 2.40. The standard InChI is InChI=1S/C42H42P4.C24H20B.Fe.2H/c1-7-19-37(20-8-1)43(33-35-45(39-23-11-3-12-24-39)40-25-13-4-14-26-40)31-32-44(38-21-9-2-10-22-38)34-36-46(41-27-15-5-16-28-41)42-29-17-6-18-30-42;1-5-13-21(14-6-1)25(22-15-7-2-8-16-22,23-17-9-3-10-18-23)24-19-11-4-12-20-24;;;/h1-30H,31-36H2;1-20H;;;/q;-1;+3;2*-1/t43-,44-;;;;/m1..../s1. The van der Waals surface area contributed by atoms with Gasteiger partial charge in [-0.05, 0) is 84.6 Å². The second kappa shape index (κ2) is 28.1. The summed E-state index contributed by atoms with van der Waals surface area (Å²) in [6.45, 7) is 0. The maximum atomic E-state index is 2.40. The minimum absolute atomic E-state index is 0. The van der Waals surface area contributed by atoms with Crippen molar-refractivity contribution in [2.75, 3.05) is 37.0 Å². The molecule has 72 heavy (non-hydrogen) atoms. The van der Waals surface area contributed by atoms with Crippen LogP contribution in [-0.2, 0) is 17.1 Å². The van der Waals surface area contributed by atoms with Gasteiger partial charge < -0.3 is 2.85 Å². The Balaban J connectivity index is 0.000000270. The Labute approximate surface area is 448 Å². The molecule has 10 aromatic rings. The van der Waals surface area contributed by atoms with Crippen LogP contribution >= 0.6 is 31.7 Å². The molecule has 0 aliphatic heterocycles. The molecular formula is C66H64BFeP4. The van der Waals surface area contributed by atoms with E-state index in [0.717, 1.165) is 0 Å². The number of hydrogen-bond donors (Lipinski definition) is 0. The van der Waals surface area contributed by atoms with Gasteiger partial charge in [-0.2, -0.15) is 21.9 Å². The van der Waals surface area contributed by atoms with Crippen LogP contribution in [-0.4, -0.2) is 43.1 Å². The molecule has 0 aliphatic carbocycles. The van der Waals surface area contributed by atoms with Crippen molar-refractivity contribution < 1.29 is 19.9 Å². The molecule has 0 heterocycles. The summed E-state index contributed by atoms with van der Waals surface area (Å²) in [5.41, 5.74) is 5.36. The number of rotatable bonds is 19. The van der Waals surface area contributed by atoms with E-state index >= 15 is 0 Å². The third kappa shape index (κ3) is 13.8. The molecule has 0 aliphatic rings. The van der Waals surface area contributed by atoms with Gasteiger partial charge in [0.1, 0.15) is 6.15 Å². The molecule has 0 nitrogen and oxygen atoms in total. The Kier molecular flexibility index (Phi) is 20.6. The average Bonchev–Trinajstić information content (AvgIpc) is 3.47. The third-order valence-corrected chi connectivity index (χ3v) is 24.7. The summed E-state index contributed by atoms with van der Waals surface area (Å²) in [5, 5.41) is 9.10. The largest absolute Gasteiger partial charge is 3.00 e. The summed E-state index contributed by atoms with van der Waals surface area (Å²) in [6, 6.07) is 111. The Bertz CT molecular complexity index is 2660. The predicted molar refractivity (Wildman–Crippen MR) is 326 cm³/mol. The normalized spacial score (nSPS) is 12.0. The van der Waals surface area contributed by atoms with Crippen LogP contribution in [0, 0.1) is 0 Å². The van der Waals surface area contributed by atoms with E-state index in [0.29, 0.717) is 0 Å². The van der Waals surface area contributed by atoms with Gasteiger partial charge in [0.2, 0.25) is 0 Å². The summed E-state index contributed by atoms with van der Waals surface area (Å²) in [6.07, 6.45) is 6.39. The van der Waals surface area contributed by atoms with Gasteiger partial charge in [-0.1, -0.05) is 319 Å². The van der Waals surface area contributed by atoms with E-state index in [9.17, 15) is 0 Å². The molecular weight excluding hydrogens is 983 g/mol. The van der Waals surface area contributed by atoms with Crippen molar-refractivity contribution in [2.24, 2.45) is 0 Å². The Morgan fingerprint density at radius 3 is 0.583 bits per heavy atom. The van der Waals surface area contributed by atoms with Crippen LogP contribution in [0.25, 0.3) is 0 Å². The van der Waals surface area contributed by atoms with E-state index in [1.807, 2.05) is 0 Å². The van der Waals surface area contributed by atoms with E-state index in [2.05, 4.69) is 303 Å². The third-order valence-electron chi connectivity index (χ3n) is 13.5. The predicted octanol–water partition coefficient (Wildman–Crippen LogP) is 12.2. The maximum Gasteiger partial charge on any atom is 3.00 e. The van der Waals surface area contributed by atoms with E-state index in [1.54, 1.807) is 10.6 Å². The Morgan fingerprint density at radius 2 is 0.375 bits per heavy atom. The van der Waals surface area contributed by atoms with Gasteiger partial charge in [-0.3, -0.25) is 0 Å². The molecule has 6 heteroatoms. The molecule has 0 fully saturated rings. The molecule has 0 saturated heterocycles. The topological polar surface area (TPSA) is 0 Å². The van der Waals surface area contributed by atoms with Crippen LogP contribution in [0.15, 0.2) is 303 Å². The zero-order valence-corrected chi connectivity index (χ0v) is 45.5. The first kappa shape index (κ1) is 52.8. The fourth-order valence-electron chi connectivity index (χ4n) is 10.1. The SMILES string of the molecule is [Fe+3].[H-].[H-].c1ccc(P(CC[P@@](CC[P@](CCP(c2ccccc2)c2ccccc2)c2ccccc2)c2ccccc2)c2ccccc2)cc1.c1ccc([B-](c2ccccc2)(c2ccccc2)c2ccccc2)cc1. The first-order chi connectivity index (χ1) is 35.3. The van der Waals surface area contributed by atoms with Gasteiger partial charge >= 0.3 is 17.1 Å². The number of benzene rings is 10. The van der Waals surface area contributed by atoms with Crippen LogP contribution in [0.4, 0.5) is 0 Å². The molecule has 359 valence electrons. The monoisotopic (exact) mass is 1050 g/mol. The summed E-state index contributed by atoms with van der Waals surface area (Å²) in [7, 11) is -1.31. The zero-order chi connectivity index (χ0) is 48.2. The van der Waals surface area contributed by atoms with Crippen molar-refractivity contribution in [3.63, 3.8) is 0 Å². The molecule has 1 radical (unpaired) electrons. The molecule has 0 unspecified atom stereocenters. The van der Waals surface area contributed by atoms with E-state index in [1.165, 1.54) is 80.0 Å². The summed E-state index contributed by atoms with van der Waals surface area (Å²) in [5.74, 6) is 0. The quantitative estimate of drug-likeness (QED) is 0.0559. The molecule has 0 amide bonds. The minimum atomic E-state index is -1.22. The second-order valence-corrected chi connectivity index (χ2v) is 27.5. The van der Waals surface area contributed by atoms with E-state index < -0.39 is 6.15 Å². The second-order valence-electron chi connectivity index (χ2n) is 17.8. The van der Waals surface area contributed by atoms with Gasteiger partial charge in [-0.25, -0.2) is 0 Å². The van der Waals surface area contributed by atoms with Crippen LogP contribution in [0.3, 0.4) is 0 Å². The van der Waals surface area contributed by atoms with E-state index in [-0.39, 0.29) is 51.6 Å². The van der Waals surface area contributed by atoms with E-state index in [4.69, 9.17) is 0 Å². The van der Waals surface area contributed by atoms with Crippen molar-refractivity contribution >= 4 is 91.5 Å². The fraction of sp³-hybridized carbons (Fsp3) is 0.0909. The number of hydrogen-bond acceptors (Lipinski definition) is 0. The smallest absolute Gasteiger partial charge is 1.00 e. The van der Waals surface area contributed by atoms with Crippen LogP contribution < -0.4 is 53.7 Å². The van der Waals surface area contributed by atoms with Crippen molar-refractivity contribution in [2.45, 2.75) is 0 Å². The van der Waals surface area contributed by atoms with Crippen molar-refractivity contribution in [1.29, 1.82) is 0 Å². The van der Waals surface area contributed by atoms with Crippen molar-refractivity contribution in [1.82, 2.24) is 0 Å². The molecule has 0 N–H and O–H groups in total. The van der Waals surface area contributed by atoms with Crippen molar-refractivity contribution in [3.8, 4) is 0 Å². The first-order valence-electron chi connectivity index (χ1n) is 25.0. The Morgan fingerprint density at radius 1 is 0.208 bits per heavy atom.